The smallest absolute Gasteiger partial charge is 0.291 e. The van der Waals surface area contributed by atoms with Crippen molar-refractivity contribution in [2.24, 2.45) is 0 Å². The lowest BCUT2D eigenvalue weighted by atomic mass is 10.2. The lowest BCUT2D eigenvalue weighted by Gasteiger charge is -2.15. The molecule has 0 aliphatic carbocycles. The van der Waals surface area contributed by atoms with Crippen LogP contribution in [0.15, 0.2) is 10.7 Å². The summed E-state index contributed by atoms with van der Waals surface area (Å²) in [5.74, 6) is 0.341. The molecule has 0 aliphatic heterocycles. The molecule has 0 atom stereocenters. The highest BCUT2D eigenvalue weighted by Gasteiger charge is 2.17. The largest absolute Gasteiger partial charge is 0.360 e. The van der Waals surface area contributed by atoms with Gasteiger partial charge in [-0.15, -0.1) is 0 Å². The lowest BCUT2D eigenvalue weighted by molar-refractivity contribution is -0.385. The molecule has 1 heterocycles. The molecule has 0 aromatic carbocycles. The summed E-state index contributed by atoms with van der Waals surface area (Å²) in [7, 11) is 1.70. The number of likely N-dealkylation sites (N-methyl/N-ethyl adjacent to an activating group) is 1. The molecule has 0 saturated heterocycles. The van der Waals surface area contributed by atoms with Gasteiger partial charge >= 0.3 is 0 Å². The van der Waals surface area contributed by atoms with E-state index in [1.807, 2.05) is 6.92 Å². The van der Waals surface area contributed by atoms with Gasteiger partial charge in [-0.25, -0.2) is 4.98 Å². The highest BCUT2D eigenvalue weighted by Crippen LogP contribution is 2.30. The fourth-order valence-electron chi connectivity index (χ4n) is 1.35. The Morgan fingerprint density at radius 2 is 2.26 bits per heavy atom. The Balaban J connectivity index is 2.84. The summed E-state index contributed by atoms with van der Waals surface area (Å²) in [5.41, 5.74) is 0.410. The third-order valence-corrected chi connectivity index (χ3v) is 3.71. The molecule has 1 rings (SSSR count). The van der Waals surface area contributed by atoms with Gasteiger partial charge in [-0.1, -0.05) is 0 Å². The molecular formula is C11H15BrN4O3. The highest BCUT2D eigenvalue weighted by atomic mass is 79.9. The molecule has 1 N–H and O–H groups in total. The zero-order valence-corrected chi connectivity index (χ0v) is 12.5. The van der Waals surface area contributed by atoms with Crippen LogP contribution in [0.1, 0.15) is 12.5 Å². The van der Waals surface area contributed by atoms with Crippen LogP contribution in [0.2, 0.25) is 0 Å². The van der Waals surface area contributed by atoms with E-state index >= 15 is 0 Å². The SMILES string of the molecule is CCN(C)C(=O)CNc1ncc([N+](=O)[O-])c(C)c1Br. The summed E-state index contributed by atoms with van der Waals surface area (Å²) >= 11 is 3.25. The second-order valence-corrected chi connectivity index (χ2v) is 4.74. The number of aromatic nitrogens is 1. The maximum Gasteiger partial charge on any atom is 0.291 e. The number of rotatable bonds is 5. The maximum atomic E-state index is 11.6. The lowest BCUT2D eigenvalue weighted by Crippen LogP contribution is -2.32. The number of hydrogen-bond donors (Lipinski definition) is 1. The van der Waals surface area contributed by atoms with E-state index in [2.05, 4.69) is 26.2 Å². The Hall–Kier alpha value is -1.70. The van der Waals surface area contributed by atoms with Gasteiger partial charge in [0.15, 0.2) is 0 Å². The molecule has 104 valence electrons. The summed E-state index contributed by atoms with van der Waals surface area (Å²) in [6, 6.07) is 0. The summed E-state index contributed by atoms with van der Waals surface area (Å²) in [6.45, 7) is 4.21. The zero-order chi connectivity index (χ0) is 14.6. The van der Waals surface area contributed by atoms with Crippen LogP contribution in [0.25, 0.3) is 0 Å². The van der Waals surface area contributed by atoms with Gasteiger partial charge in [0.05, 0.1) is 15.9 Å². The first-order valence-electron chi connectivity index (χ1n) is 5.65. The van der Waals surface area contributed by atoms with Crippen molar-refractivity contribution in [2.45, 2.75) is 13.8 Å². The molecular weight excluding hydrogens is 316 g/mol. The van der Waals surface area contributed by atoms with E-state index in [1.54, 1.807) is 18.9 Å². The van der Waals surface area contributed by atoms with Crippen molar-refractivity contribution < 1.29 is 9.72 Å². The van der Waals surface area contributed by atoms with Gasteiger partial charge in [0, 0.05) is 19.2 Å². The normalized spacial score (nSPS) is 10.1. The topological polar surface area (TPSA) is 88.4 Å². The molecule has 7 nitrogen and oxygen atoms in total. The van der Waals surface area contributed by atoms with Crippen LogP contribution in [-0.2, 0) is 4.79 Å². The van der Waals surface area contributed by atoms with E-state index in [4.69, 9.17) is 0 Å². The molecule has 1 aromatic heterocycles. The molecule has 0 unspecified atom stereocenters. The second-order valence-electron chi connectivity index (χ2n) is 3.95. The van der Waals surface area contributed by atoms with Gasteiger partial charge in [0.25, 0.3) is 5.69 Å². The number of nitrogens with zero attached hydrogens (tertiary/aromatic N) is 3. The Morgan fingerprint density at radius 3 is 2.79 bits per heavy atom. The van der Waals surface area contributed by atoms with Gasteiger partial charge in [0.1, 0.15) is 12.0 Å². The van der Waals surface area contributed by atoms with Crippen molar-refractivity contribution in [3.05, 3.63) is 26.3 Å². The number of amides is 1. The molecule has 0 radical (unpaired) electrons. The quantitative estimate of drug-likeness (QED) is 0.658. The summed E-state index contributed by atoms with van der Waals surface area (Å²) in [5, 5.41) is 13.6. The first kappa shape index (κ1) is 15.4. The number of pyridine rings is 1. The molecule has 19 heavy (non-hydrogen) atoms. The van der Waals surface area contributed by atoms with E-state index in [9.17, 15) is 14.9 Å². The van der Waals surface area contributed by atoms with Gasteiger partial charge in [-0.2, -0.15) is 0 Å². The zero-order valence-electron chi connectivity index (χ0n) is 10.9. The predicted molar refractivity (Wildman–Crippen MR) is 75.1 cm³/mol. The number of carbonyl (C=O) groups excluding carboxylic acids is 1. The Labute approximate surface area is 119 Å². The molecule has 0 spiro atoms. The molecule has 0 bridgehead atoms. The summed E-state index contributed by atoms with van der Waals surface area (Å²) in [4.78, 5) is 27.4. The monoisotopic (exact) mass is 330 g/mol. The van der Waals surface area contributed by atoms with Gasteiger partial charge < -0.3 is 10.2 Å². The van der Waals surface area contributed by atoms with Gasteiger partial charge in [-0.3, -0.25) is 14.9 Å². The standard InChI is InChI=1S/C11H15BrN4O3/c1-4-15(3)9(17)6-14-11-10(12)7(2)8(5-13-11)16(18)19/h5H,4,6H2,1-3H3,(H,13,14). The molecule has 1 amide bonds. The van der Waals surface area contributed by atoms with Crippen molar-refractivity contribution in [3.8, 4) is 0 Å². The molecule has 0 saturated carbocycles. The molecule has 1 aromatic rings. The number of anilines is 1. The number of hydrogen-bond acceptors (Lipinski definition) is 5. The fourth-order valence-corrected chi connectivity index (χ4v) is 1.79. The molecule has 0 fully saturated rings. The minimum Gasteiger partial charge on any atom is -0.360 e. The summed E-state index contributed by atoms with van der Waals surface area (Å²) < 4.78 is 0.494. The van der Waals surface area contributed by atoms with Crippen LogP contribution in [0.3, 0.4) is 0 Å². The number of nitrogens with one attached hydrogen (secondary N) is 1. The van der Waals surface area contributed by atoms with Crippen LogP contribution in [0.4, 0.5) is 11.5 Å². The van der Waals surface area contributed by atoms with E-state index in [-0.39, 0.29) is 18.1 Å². The van der Waals surface area contributed by atoms with Crippen molar-refractivity contribution in [1.82, 2.24) is 9.88 Å². The van der Waals surface area contributed by atoms with E-state index < -0.39 is 4.92 Å². The average molecular weight is 331 g/mol. The Kier molecular flexibility index (Phi) is 5.22. The third kappa shape index (κ3) is 3.63. The molecule has 8 heteroatoms. The van der Waals surface area contributed by atoms with Crippen LogP contribution in [0, 0.1) is 17.0 Å². The van der Waals surface area contributed by atoms with Crippen molar-refractivity contribution in [2.75, 3.05) is 25.5 Å². The van der Waals surface area contributed by atoms with Crippen molar-refractivity contribution in [1.29, 1.82) is 0 Å². The Morgan fingerprint density at radius 1 is 1.63 bits per heavy atom. The van der Waals surface area contributed by atoms with Gasteiger partial charge in [0.2, 0.25) is 5.91 Å². The third-order valence-electron chi connectivity index (χ3n) is 2.74. The number of carbonyl (C=O) groups is 1. The highest BCUT2D eigenvalue weighted by molar-refractivity contribution is 9.10. The van der Waals surface area contributed by atoms with E-state index in [0.29, 0.717) is 22.4 Å². The van der Waals surface area contributed by atoms with Crippen molar-refractivity contribution >= 4 is 33.3 Å². The first-order valence-corrected chi connectivity index (χ1v) is 6.45. The second kappa shape index (κ2) is 6.46. The minimum absolute atomic E-state index is 0.0607. The van der Waals surface area contributed by atoms with E-state index in [0.717, 1.165) is 0 Å². The number of nitro groups is 1. The fraction of sp³-hybridized carbons (Fsp3) is 0.455. The van der Waals surface area contributed by atoms with E-state index in [1.165, 1.54) is 6.20 Å². The van der Waals surface area contributed by atoms with Crippen LogP contribution in [0.5, 0.6) is 0 Å². The van der Waals surface area contributed by atoms with Crippen LogP contribution in [-0.4, -0.2) is 40.9 Å². The molecule has 0 aliphatic rings. The average Bonchev–Trinajstić information content (AvgIpc) is 2.38. The number of halogens is 1. The maximum absolute atomic E-state index is 11.6. The predicted octanol–water partition coefficient (Wildman–Crippen LogP) is 1.95. The Bertz CT molecular complexity index is 507. The summed E-state index contributed by atoms with van der Waals surface area (Å²) in [6.07, 6.45) is 1.18. The van der Waals surface area contributed by atoms with Gasteiger partial charge in [-0.05, 0) is 29.8 Å². The van der Waals surface area contributed by atoms with Crippen molar-refractivity contribution in [3.63, 3.8) is 0 Å². The van der Waals surface area contributed by atoms with Crippen LogP contribution < -0.4 is 5.32 Å². The van der Waals surface area contributed by atoms with Crippen LogP contribution >= 0.6 is 15.9 Å². The minimum atomic E-state index is -0.493. The first-order chi connectivity index (χ1) is 8.88.